The zero-order chi connectivity index (χ0) is 11.7. The number of H-pyrrole nitrogens is 1. The van der Waals surface area contributed by atoms with E-state index in [0.717, 1.165) is 16.6 Å². The average Bonchev–Trinajstić information content (AvgIpc) is 2.86. The smallest absolute Gasteiger partial charge is 0.0991 e. The summed E-state index contributed by atoms with van der Waals surface area (Å²) in [6, 6.07) is 18.1. The van der Waals surface area contributed by atoms with Gasteiger partial charge in [0.1, 0.15) is 0 Å². The van der Waals surface area contributed by atoms with Crippen LogP contribution >= 0.6 is 0 Å². The van der Waals surface area contributed by atoms with Crippen LogP contribution in [0.25, 0.3) is 22.0 Å². The lowest BCUT2D eigenvalue weighted by Gasteiger charge is -2.02. The molecule has 1 aromatic heterocycles. The second kappa shape index (κ2) is 3.80. The molecule has 2 nitrogen and oxygen atoms in total. The molecule has 0 aliphatic rings. The van der Waals surface area contributed by atoms with Crippen molar-refractivity contribution in [3.05, 3.63) is 60.3 Å². The molecule has 3 aromatic rings. The molecule has 2 aromatic carbocycles. The molecule has 0 unspecified atom stereocenters. The number of nitriles is 1. The van der Waals surface area contributed by atoms with Crippen LogP contribution in [0.1, 0.15) is 5.56 Å². The Bertz CT molecular complexity index is 717. The fourth-order valence-electron chi connectivity index (χ4n) is 2.00. The van der Waals surface area contributed by atoms with E-state index < -0.39 is 0 Å². The maximum Gasteiger partial charge on any atom is 0.0991 e. The van der Waals surface area contributed by atoms with Gasteiger partial charge in [0.25, 0.3) is 0 Å². The first kappa shape index (κ1) is 9.68. The van der Waals surface area contributed by atoms with Crippen LogP contribution in [-0.4, -0.2) is 4.98 Å². The lowest BCUT2D eigenvalue weighted by atomic mass is 10.0. The molecule has 0 aliphatic carbocycles. The molecule has 0 aliphatic heterocycles. The van der Waals surface area contributed by atoms with Crippen molar-refractivity contribution in [2.75, 3.05) is 0 Å². The lowest BCUT2D eigenvalue weighted by molar-refractivity contribution is 1.47. The number of hydrogen-bond donors (Lipinski definition) is 1. The van der Waals surface area contributed by atoms with Crippen molar-refractivity contribution >= 4 is 10.9 Å². The Morgan fingerprint density at radius 1 is 0.941 bits per heavy atom. The zero-order valence-electron chi connectivity index (χ0n) is 9.14. The second-order valence-electron chi connectivity index (χ2n) is 3.97. The quantitative estimate of drug-likeness (QED) is 0.664. The lowest BCUT2D eigenvalue weighted by Crippen LogP contribution is -1.80. The summed E-state index contributed by atoms with van der Waals surface area (Å²) >= 11 is 0. The van der Waals surface area contributed by atoms with Crippen molar-refractivity contribution in [1.29, 1.82) is 5.26 Å². The van der Waals surface area contributed by atoms with Gasteiger partial charge in [-0.2, -0.15) is 5.26 Å². The van der Waals surface area contributed by atoms with E-state index in [4.69, 9.17) is 5.26 Å². The standard InChI is InChI=1S/C15H10N2/c16-10-11-2-1-3-12(8-11)13-4-5-15-14(9-13)6-7-17-15/h1-9,17H. The van der Waals surface area contributed by atoms with Crippen LogP contribution in [0.15, 0.2) is 54.7 Å². The Labute approximate surface area is 99.1 Å². The molecule has 0 atom stereocenters. The third-order valence-electron chi connectivity index (χ3n) is 2.88. The highest BCUT2D eigenvalue weighted by Gasteiger charge is 2.01. The van der Waals surface area contributed by atoms with E-state index in [1.165, 1.54) is 5.39 Å². The van der Waals surface area contributed by atoms with E-state index in [1.807, 2.05) is 36.5 Å². The van der Waals surface area contributed by atoms with Crippen LogP contribution in [0.5, 0.6) is 0 Å². The molecular formula is C15H10N2. The highest BCUT2D eigenvalue weighted by atomic mass is 14.7. The maximum absolute atomic E-state index is 8.89. The Hall–Kier alpha value is -2.53. The summed E-state index contributed by atoms with van der Waals surface area (Å²) in [5.74, 6) is 0. The van der Waals surface area contributed by atoms with Gasteiger partial charge >= 0.3 is 0 Å². The first-order valence-electron chi connectivity index (χ1n) is 5.44. The summed E-state index contributed by atoms with van der Waals surface area (Å²) in [6.45, 7) is 0. The topological polar surface area (TPSA) is 39.6 Å². The molecule has 0 amide bonds. The van der Waals surface area contributed by atoms with Crippen LogP contribution in [0.4, 0.5) is 0 Å². The summed E-state index contributed by atoms with van der Waals surface area (Å²) in [6.07, 6.45) is 1.93. The van der Waals surface area contributed by atoms with Crippen molar-refractivity contribution in [2.24, 2.45) is 0 Å². The minimum atomic E-state index is 0.691. The summed E-state index contributed by atoms with van der Waals surface area (Å²) in [5, 5.41) is 10.1. The van der Waals surface area contributed by atoms with Crippen molar-refractivity contribution in [3.63, 3.8) is 0 Å². The van der Waals surface area contributed by atoms with E-state index >= 15 is 0 Å². The Kier molecular flexibility index (Phi) is 2.16. The van der Waals surface area contributed by atoms with Gasteiger partial charge in [-0.25, -0.2) is 0 Å². The number of hydrogen-bond acceptors (Lipinski definition) is 1. The molecule has 0 radical (unpaired) electrons. The van der Waals surface area contributed by atoms with E-state index in [9.17, 15) is 0 Å². The zero-order valence-corrected chi connectivity index (χ0v) is 9.14. The average molecular weight is 218 g/mol. The molecule has 0 bridgehead atoms. The highest BCUT2D eigenvalue weighted by molar-refractivity contribution is 5.85. The molecule has 2 heteroatoms. The van der Waals surface area contributed by atoms with Gasteiger partial charge in [0.15, 0.2) is 0 Å². The predicted octanol–water partition coefficient (Wildman–Crippen LogP) is 3.71. The SMILES string of the molecule is N#Cc1cccc(-c2ccc3[nH]ccc3c2)c1. The summed E-state index contributed by atoms with van der Waals surface area (Å²) in [4.78, 5) is 3.17. The third-order valence-corrected chi connectivity index (χ3v) is 2.88. The fraction of sp³-hybridized carbons (Fsp3) is 0. The Morgan fingerprint density at radius 3 is 2.71 bits per heavy atom. The van der Waals surface area contributed by atoms with Gasteiger partial charge in [-0.3, -0.25) is 0 Å². The number of nitrogens with zero attached hydrogens (tertiary/aromatic N) is 1. The third kappa shape index (κ3) is 1.68. The molecule has 3 rings (SSSR count). The molecule has 0 saturated carbocycles. The van der Waals surface area contributed by atoms with Gasteiger partial charge in [-0.15, -0.1) is 0 Å². The van der Waals surface area contributed by atoms with E-state index in [0.29, 0.717) is 5.56 Å². The molecular weight excluding hydrogens is 208 g/mol. The molecule has 17 heavy (non-hydrogen) atoms. The van der Waals surface area contributed by atoms with Crippen LogP contribution < -0.4 is 0 Å². The summed E-state index contributed by atoms with van der Waals surface area (Å²) in [5.41, 5.74) is 4.03. The molecule has 0 spiro atoms. The molecule has 0 fully saturated rings. The number of fused-ring (bicyclic) bond motifs is 1. The van der Waals surface area contributed by atoms with E-state index in [2.05, 4.69) is 29.3 Å². The van der Waals surface area contributed by atoms with Gasteiger partial charge < -0.3 is 4.98 Å². The van der Waals surface area contributed by atoms with Gasteiger partial charge in [-0.05, 0) is 46.8 Å². The van der Waals surface area contributed by atoms with Gasteiger partial charge in [-0.1, -0.05) is 18.2 Å². The fourth-order valence-corrected chi connectivity index (χ4v) is 2.00. The van der Waals surface area contributed by atoms with Crippen LogP contribution in [0, 0.1) is 11.3 Å². The van der Waals surface area contributed by atoms with Gasteiger partial charge in [0, 0.05) is 11.7 Å². The second-order valence-corrected chi connectivity index (χ2v) is 3.97. The Balaban J connectivity index is 2.16. The van der Waals surface area contributed by atoms with Crippen LogP contribution in [0.3, 0.4) is 0 Å². The monoisotopic (exact) mass is 218 g/mol. The first-order chi connectivity index (χ1) is 8.36. The van der Waals surface area contributed by atoms with Crippen LogP contribution in [-0.2, 0) is 0 Å². The van der Waals surface area contributed by atoms with Gasteiger partial charge in [0.2, 0.25) is 0 Å². The maximum atomic E-state index is 8.89. The number of aromatic nitrogens is 1. The Morgan fingerprint density at radius 2 is 1.82 bits per heavy atom. The minimum absolute atomic E-state index is 0.691. The van der Waals surface area contributed by atoms with Crippen molar-refractivity contribution in [2.45, 2.75) is 0 Å². The van der Waals surface area contributed by atoms with Crippen molar-refractivity contribution in [1.82, 2.24) is 4.98 Å². The molecule has 0 saturated heterocycles. The number of rotatable bonds is 1. The van der Waals surface area contributed by atoms with Gasteiger partial charge in [0.05, 0.1) is 11.6 Å². The van der Waals surface area contributed by atoms with Crippen molar-refractivity contribution in [3.8, 4) is 17.2 Å². The number of aromatic amines is 1. The molecule has 80 valence electrons. The van der Waals surface area contributed by atoms with Crippen LogP contribution in [0.2, 0.25) is 0 Å². The number of benzene rings is 2. The van der Waals surface area contributed by atoms with E-state index in [-0.39, 0.29) is 0 Å². The molecule has 1 N–H and O–H groups in total. The number of nitrogens with one attached hydrogen (secondary N) is 1. The van der Waals surface area contributed by atoms with Crippen molar-refractivity contribution < 1.29 is 0 Å². The largest absolute Gasteiger partial charge is 0.361 e. The normalized spacial score (nSPS) is 10.3. The first-order valence-corrected chi connectivity index (χ1v) is 5.44. The highest BCUT2D eigenvalue weighted by Crippen LogP contribution is 2.24. The van der Waals surface area contributed by atoms with E-state index in [1.54, 1.807) is 0 Å². The minimum Gasteiger partial charge on any atom is -0.361 e. The molecule has 1 heterocycles. The summed E-state index contributed by atoms with van der Waals surface area (Å²) in [7, 11) is 0. The predicted molar refractivity (Wildman–Crippen MR) is 68.4 cm³/mol. The summed E-state index contributed by atoms with van der Waals surface area (Å²) < 4.78 is 0.